The van der Waals surface area contributed by atoms with Crippen LogP contribution in [0.3, 0.4) is 0 Å². The van der Waals surface area contributed by atoms with E-state index >= 15 is 0 Å². The molecule has 4 heteroatoms. The van der Waals surface area contributed by atoms with Crippen LogP contribution < -0.4 is 9.80 Å². The van der Waals surface area contributed by atoms with E-state index in [9.17, 15) is 0 Å². The minimum atomic E-state index is -0.532. The maximum absolute atomic E-state index is 4.96. The number of nitrogens with zero attached hydrogens (tertiary/aromatic N) is 4. The van der Waals surface area contributed by atoms with Gasteiger partial charge in [0.05, 0.1) is 18.6 Å². The normalized spacial score (nSPS) is 13.0. The van der Waals surface area contributed by atoms with Crippen molar-refractivity contribution in [2.24, 2.45) is 0 Å². The van der Waals surface area contributed by atoms with Crippen LogP contribution in [0.4, 0.5) is 11.4 Å². The molecule has 2 heterocycles. The molecule has 1 aliphatic rings. The van der Waals surface area contributed by atoms with Crippen molar-refractivity contribution >= 4 is 11.4 Å². The van der Waals surface area contributed by atoms with Crippen molar-refractivity contribution in [2.45, 2.75) is 18.5 Å². The summed E-state index contributed by atoms with van der Waals surface area (Å²) in [6.07, 6.45) is 5.32. The zero-order valence-corrected chi connectivity index (χ0v) is 21.5. The highest BCUT2D eigenvalue weighted by Crippen LogP contribution is 2.41. The van der Waals surface area contributed by atoms with Gasteiger partial charge in [-0.25, -0.2) is 4.98 Å². The Labute approximate surface area is 219 Å². The van der Waals surface area contributed by atoms with Crippen LogP contribution in [-0.2, 0) is 18.5 Å². The monoisotopic (exact) mass is 484 g/mol. The Kier molecular flexibility index (Phi) is 6.01. The molecule has 37 heavy (non-hydrogen) atoms. The van der Waals surface area contributed by atoms with E-state index in [0.717, 1.165) is 25.2 Å². The lowest BCUT2D eigenvalue weighted by Gasteiger charge is -2.37. The summed E-state index contributed by atoms with van der Waals surface area (Å²) < 4.78 is 2.30. The van der Waals surface area contributed by atoms with Crippen LogP contribution in [-0.4, -0.2) is 30.2 Å². The largest absolute Gasteiger partial charge is 0.378 e. The van der Waals surface area contributed by atoms with E-state index < -0.39 is 5.54 Å². The summed E-state index contributed by atoms with van der Waals surface area (Å²) in [5, 5.41) is 0. The van der Waals surface area contributed by atoms with Crippen molar-refractivity contribution in [3.63, 3.8) is 0 Å². The lowest BCUT2D eigenvalue weighted by Crippen LogP contribution is -2.37. The second-order valence-corrected chi connectivity index (χ2v) is 9.96. The predicted molar refractivity (Wildman–Crippen MR) is 152 cm³/mol. The van der Waals surface area contributed by atoms with E-state index in [0.29, 0.717) is 0 Å². The van der Waals surface area contributed by atoms with E-state index in [4.69, 9.17) is 4.98 Å². The molecule has 1 aromatic heterocycles. The zero-order valence-electron chi connectivity index (χ0n) is 21.5. The number of anilines is 2. The van der Waals surface area contributed by atoms with Gasteiger partial charge in [-0.05, 0) is 40.8 Å². The van der Waals surface area contributed by atoms with Crippen LogP contribution in [0.2, 0.25) is 0 Å². The molecule has 0 amide bonds. The fourth-order valence-electron chi connectivity index (χ4n) is 5.69. The van der Waals surface area contributed by atoms with E-state index in [1.807, 2.05) is 6.33 Å². The second kappa shape index (κ2) is 9.62. The Hall–Kier alpha value is -4.31. The van der Waals surface area contributed by atoms with Crippen LogP contribution in [0.5, 0.6) is 0 Å². The first kappa shape index (κ1) is 23.1. The molecule has 4 aromatic carbocycles. The Bertz CT molecular complexity index is 1380. The molecule has 0 radical (unpaired) electrons. The predicted octanol–water partition coefficient (Wildman–Crippen LogP) is 6.35. The number of rotatable bonds is 7. The summed E-state index contributed by atoms with van der Waals surface area (Å²) in [6.45, 7) is 1.80. The Morgan fingerprint density at radius 1 is 0.757 bits per heavy atom. The van der Waals surface area contributed by atoms with Gasteiger partial charge < -0.3 is 14.4 Å². The zero-order chi connectivity index (χ0) is 25.2. The summed E-state index contributed by atoms with van der Waals surface area (Å²) >= 11 is 0. The van der Waals surface area contributed by atoms with Gasteiger partial charge in [-0.2, -0.15) is 0 Å². The highest BCUT2D eigenvalue weighted by atomic mass is 15.2. The minimum absolute atomic E-state index is 0.532. The summed E-state index contributed by atoms with van der Waals surface area (Å²) in [5.74, 6) is 0. The molecular weight excluding hydrogens is 452 g/mol. The van der Waals surface area contributed by atoms with Crippen LogP contribution >= 0.6 is 0 Å². The molecule has 0 unspecified atom stereocenters. The highest BCUT2D eigenvalue weighted by molar-refractivity contribution is 5.66. The van der Waals surface area contributed by atoms with E-state index in [1.54, 1.807) is 0 Å². The van der Waals surface area contributed by atoms with Crippen molar-refractivity contribution < 1.29 is 0 Å². The third kappa shape index (κ3) is 4.09. The molecule has 0 N–H and O–H groups in total. The Balaban J connectivity index is 1.45. The average molecular weight is 485 g/mol. The summed E-state index contributed by atoms with van der Waals surface area (Å²) in [6, 6.07) is 39.1. The number of hydrogen-bond donors (Lipinski definition) is 0. The Morgan fingerprint density at radius 2 is 1.32 bits per heavy atom. The fourth-order valence-corrected chi connectivity index (χ4v) is 5.69. The van der Waals surface area contributed by atoms with Crippen LogP contribution in [0.15, 0.2) is 122 Å². The van der Waals surface area contributed by atoms with Crippen molar-refractivity contribution in [3.8, 4) is 0 Å². The maximum atomic E-state index is 4.96. The molecule has 0 spiro atoms. The minimum Gasteiger partial charge on any atom is -0.378 e. The number of benzene rings is 4. The molecule has 0 saturated heterocycles. The SMILES string of the molecule is CN(C)c1ccc2c(c1)N(Cc1cn(C(c3ccccc3)(c3ccccc3)c3ccccc3)cn1)CC2. The standard InChI is InChI=1S/C33H32N4/c1-35(2)31-19-18-26-20-21-36(32(26)22-31)23-30-24-37(25-34-30)33(27-12-6-3-7-13-27,28-14-8-4-9-15-28)29-16-10-5-11-17-29/h3-19,22,24-25H,20-21,23H2,1-2H3. The number of fused-ring (bicyclic) bond motifs is 1. The maximum Gasteiger partial charge on any atom is 0.121 e. The molecule has 4 nitrogen and oxygen atoms in total. The fraction of sp³-hybridized carbons (Fsp3) is 0.182. The van der Waals surface area contributed by atoms with Crippen LogP contribution in [0, 0.1) is 0 Å². The van der Waals surface area contributed by atoms with Gasteiger partial charge in [0.15, 0.2) is 0 Å². The molecule has 5 aromatic rings. The van der Waals surface area contributed by atoms with Gasteiger partial charge in [-0.1, -0.05) is 97.1 Å². The molecule has 0 fully saturated rings. The van der Waals surface area contributed by atoms with Crippen molar-refractivity contribution in [1.29, 1.82) is 0 Å². The van der Waals surface area contributed by atoms with Gasteiger partial charge in [0.2, 0.25) is 0 Å². The molecule has 0 saturated carbocycles. The summed E-state index contributed by atoms with van der Waals surface area (Å²) in [4.78, 5) is 9.59. The second-order valence-electron chi connectivity index (χ2n) is 9.96. The molecule has 0 aliphatic carbocycles. The van der Waals surface area contributed by atoms with Gasteiger partial charge in [-0.15, -0.1) is 0 Å². The molecule has 184 valence electrons. The van der Waals surface area contributed by atoms with Gasteiger partial charge in [-0.3, -0.25) is 0 Å². The first-order chi connectivity index (χ1) is 18.2. The molecular formula is C33H32N4. The highest BCUT2D eigenvalue weighted by Gasteiger charge is 2.38. The van der Waals surface area contributed by atoms with E-state index in [2.05, 4.69) is 144 Å². The van der Waals surface area contributed by atoms with Gasteiger partial charge >= 0.3 is 0 Å². The Morgan fingerprint density at radius 3 is 1.86 bits per heavy atom. The summed E-state index contributed by atoms with van der Waals surface area (Å²) in [5.41, 5.74) is 8.12. The third-order valence-corrected chi connectivity index (χ3v) is 7.53. The van der Waals surface area contributed by atoms with E-state index in [-0.39, 0.29) is 0 Å². The molecule has 6 rings (SSSR count). The van der Waals surface area contributed by atoms with Crippen molar-refractivity contribution in [1.82, 2.24) is 9.55 Å². The van der Waals surface area contributed by atoms with Gasteiger partial charge in [0, 0.05) is 38.2 Å². The van der Waals surface area contributed by atoms with Gasteiger partial charge in [0.25, 0.3) is 0 Å². The smallest absolute Gasteiger partial charge is 0.121 e. The first-order valence-electron chi connectivity index (χ1n) is 12.9. The molecule has 0 atom stereocenters. The first-order valence-corrected chi connectivity index (χ1v) is 12.9. The number of aromatic nitrogens is 2. The topological polar surface area (TPSA) is 24.3 Å². The van der Waals surface area contributed by atoms with Crippen molar-refractivity contribution in [3.05, 3.63) is 150 Å². The van der Waals surface area contributed by atoms with Crippen molar-refractivity contribution in [2.75, 3.05) is 30.4 Å². The van der Waals surface area contributed by atoms with E-state index in [1.165, 1.54) is 33.6 Å². The lowest BCUT2D eigenvalue weighted by molar-refractivity contribution is 0.514. The van der Waals surface area contributed by atoms with Crippen LogP contribution in [0.1, 0.15) is 27.9 Å². The number of imidazole rings is 1. The van der Waals surface area contributed by atoms with Crippen LogP contribution in [0.25, 0.3) is 0 Å². The molecule has 1 aliphatic heterocycles. The van der Waals surface area contributed by atoms with Gasteiger partial charge in [0.1, 0.15) is 5.54 Å². The molecule has 0 bridgehead atoms. The average Bonchev–Trinajstić information content (AvgIpc) is 3.58. The third-order valence-electron chi connectivity index (χ3n) is 7.53. The lowest BCUT2D eigenvalue weighted by atomic mass is 9.77. The summed E-state index contributed by atoms with van der Waals surface area (Å²) in [7, 11) is 4.19. The number of hydrogen-bond acceptors (Lipinski definition) is 3. The quantitative estimate of drug-likeness (QED) is 0.252.